The van der Waals surface area contributed by atoms with Gasteiger partial charge < -0.3 is 14.4 Å². The third-order valence-electron chi connectivity index (χ3n) is 5.92. The summed E-state index contributed by atoms with van der Waals surface area (Å²) in [7, 11) is 0. The van der Waals surface area contributed by atoms with Crippen molar-refractivity contribution in [2.24, 2.45) is 0 Å². The minimum absolute atomic E-state index is 0.191. The van der Waals surface area contributed by atoms with Crippen molar-refractivity contribution < 1.29 is 9.47 Å². The van der Waals surface area contributed by atoms with E-state index >= 15 is 0 Å². The molecule has 2 saturated heterocycles. The van der Waals surface area contributed by atoms with Gasteiger partial charge in [-0.2, -0.15) is 0 Å². The minimum Gasteiger partial charge on any atom is -0.379 e. The number of morpholine rings is 2. The Labute approximate surface area is 158 Å². The molecule has 2 fully saturated rings. The molecule has 1 atom stereocenters. The van der Waals surface area contributed by atoms with Crippen LogP contribution in [0.3, 0.4) is 0 Å². The summed E-state index contributed by atoms with van der Waals surface area (Å²) in [5.41, 5.74) is 2.94. The van der Waals surface area contributed by atoms with Crippen molar-refractivity contribution in [3.8, 4) is 0 Å². The van der Waals surface area contributed by atoms with Crippen LogP contribution in [0.5, 0.6) is 0 Å². The number of benzene rings is 1. The van der Waals surface area contributed by atoms with Gasteiger partial charge in [0.1, 0.15) is 0 Å². The number of allylic oxidation sites excluding steroid dienone is 1. The molecule has 1 unspecified atom stereocenters. The maximum absolute atomic E-state index is 5.60. The lowest BCUT2D eigenvalue weighted by Crippen LogP contribution is -2.54. The van der Waals surface area contributed by atoms with Crippen LogP contribution < -0.4 is 4.90 Å². The Balaban J connectivity index is 1.74. The van der Waals surface area contributed by atoms with Crippen LogP contribution in [-0.4, -0.2) is 63.0 Å². The van der Waals surface area contributed by atoms with Crippen molar-refractivity contribution in [2.45, 2.75) is 38.6 Å². The van der Waals surface area contributed by atoms with Gasteiger partial charge in [-0.1, -0.05) is 31.2 Å². The van der Waals surface area contributed by atoms with Gasteiger partial charge in [0.15, 0.2) is 0 Å². The van der Waals surface area contributed by atoms with Gasteiger partial charge in [0, 0.05) is 37.4 Å². The van der Waals surface area contributed by atoms with Gasteiger partial charge in [-0.05, 0) is 43.9 Å². The molecule has 0 aliphatic carbocycles. The zero-order valence-corrected chi connectivity index (χ0v) is 16.5. The second-order valence-corrected chi connectivity index (χ2v) is 7.39. The summed E-state index contributed by atoms with van der Waals surface area (Å²) in [6.45, 7) is 11.9. The van der Waals surface area contributed by atoms with Gasteiger partial charge in [-0.3, -0.25) is 4.90 Å². The molecule has 0 bridgehead atoms. The maximum Gasteiger partial charge on any atom is 0.0642 e. The molecule has 26 heavy (non-hydrogen) atoms. The average Bonchev–Trinajstić information content (AvgIpc) is 2.73. The fourth-order valence-electron chi connectivity index (χ4n) is 4.21. The molecule has 3 rings (SSSR count). The van der Waals surface area contributed by atoms with E-state index in [4.69, 9.17) is 9.47 Å². The van der Waals surface area contributed by atoms with E-state index in [1.165, 1.54) is 11.3 Å². The molecule has 144 valence electrons. The molecular formula is C22H34N2O2. The van der Waals surface area contributed by atoms with Crippen molar-refractivity contribution in [3.05, 3.63) is 42.0 Å². The van der Waals surface area contributed by atoms with Crippen LogP contribution in [0.25, 0.3) is 0 Å². The summed E-state index contributed by atoms with van der Waals surface area (Å²) in [4.78, 5) is 5.08. The summed E-state index contributed by atoms with van der Waals surface area (Å²) in [6.07, 6.45) is 7.87. The van der Waals surface area contributed by atoms with E-state index in [1.807, 2.05) is 0 Å². The fourth-order valence-corrected chi connectivity index (χ4v) is 4.21. The lowest BCUT2D eigenvalue weighted by molar-refractivity contribution is -0.0238. The molecule has 1 aromatic rings. The van der Waals surface area contributed by atoms with Crippen molar-refractivity contribution in [2.75, 3.05) is 57.5 Å². The van der Waals surface area contributed by atoms with Crippen molar-refractivity contribution in [3.63, 3.8) is 0 Å². The number of rotatable bonds is 7. The Bertz CT molecular complexity index is 560. The first kappa shape index (κ1) is 19.4. The van der Waals surface area contributed by atoms with E-state index in [9.17, 15) is 0 Å². The molecule has 4 heteroatoms. The number of nitrogens with zero attached hydrogens (tertiary/aromatic N) is 2. The lowest BCUT2D eigenvalue weighted by atomic mass is 9.82. The Kier molecular flexibility index (Phi) is 7.12. The molecular weight excluding hydrogens is 324 g/mol. The zero-order chi connectivity index (χ0) is 18.2. The maximum atomic E-state index is 5.60. The predicted molar refractivity (Wildman–Crippen MR) is 108 cm³/mol. The van der Waals surface area contributed by atoms with Gasteiger partial charge in [-0.15, -0.1) is 0 Å². The minimum atomic E-state index is 0.191. The highest BCUT2D eigenvalue weighted by Crippen LogP contribution is 2.31. The van der Waals surface area contributed by atoms with Crippen molar-refractivity contribution in [1.82, 2.24) is 4.90 Å². The van der Waals surface area contributed by atoms with Crippen LogP contribution in [0, 0.1) is 0 Å². The van der Waals surface area contributed by atoms with Gasteiger partial charge in [0.05, 0.1) is 26.4 Å². The molecule has 0 aromatic heterocycles. The number of anilines is 1. The highest BCUT2D eigenvalue weighted by molar-refractivity contribution is 5.48. The summed E-state index contributed by atoms with van der Waals surface area (Å²) < 4.78 is 11.1. The second kappa shape index (κ2) is 9.54. The van der Waals surface area contributed by atoms with Crippen LogP contribution in [0.2, 0.25) is 0 Å². The first-order chi connectivity index (χ1) is 12.8. The number of ether oxygens (including phenoxy) is 2. The van der Waals surface area contributed by atoms with E-state index in [-0.39, 0.29) is 5.54 Å². The standard InChI is InChI=1S/C22H34N2O2/c1-3-5-10-22(4-2,24-13-17-26-18-14-24)19-20-6-8-21(9-7-20)23-11-15-25-16-12-23/h3,5-9H,4,10-19H2,1-2H3. The normalized spacial score (nSPS) is 21.8. The Morgan fingerprint density at radius 3 is 2.15 bits per heavy atom. The monoisotopic (exact) mass is 358 g/mol. The Morgan fingerprint density at radius 2 is 1.58 bits per heavy atom. The fraction of sp³-hybridized carbons (Fsp3) is 0.636. The largest absolute Gasteiger partial charge is 0.379 e. The number of hydrogen-bond acceptors (Lipinski definition) is 4. The average molecular weight is 359 g/mol. The zero-order valence-electron chi connectivity index (χ0n) is 16.5. The molecule has 0 saturated carbocycles. The van der Waals surface area contributed by atoms with E-state index in [2.05, 4.69) is 60.1 Å². The Hall–Kier alpha value is -1.36. The van der Waals surface area contributed by atoms with E-state index in [1.54, 1.807) is 0 Å². The molecule has 2 heterocycles. The third-order valence-corrected chi connectivity index (χ3v) is 5.92. The van der Waals surface area contributed by atoms with Crippen LogP contribution in [0.4, 0.5) is 5.69 Å². The first-order valence-corrected chi connectivity index (χ1v) is 10.1. The van der Waals surface area contributed by atoms with Crippen LogP contribution in [-0.2, 0) is 15.9 Å². The van der Waals surface area contributed by atoms with Crippen LogP contribution in [0.15, 0.2) is 36.4 Å². The molecule has 4 nitrogen and oxygen atoms in total. The summed E-state index contributed by atoms with van der Waals surface area (Å²) in [5, 5.41) is 0. The van der Waals surface area contributed by atoms with Gasteiger partial charge >= 0.3 is 0 Å². The Morgan fingerprint density at radius 1 is 0.962 bits per heavy atom. The van der Waals surface area contributed by atoms with Gasteiger partial charge in [-0.25, -0.2) is 0 Å². The summed E-state index contributed by atoms with van der Waals surface area (Å²) in [5.74, 6) is 0. The lowest BCUT2D eigenvalue weighted by Gasteiger charge is -2.45. The highest BCUT2D eigenvalue weighted by atomic mass is 16.5. The molecule has 0 spiro atoms. The topological polar surface area (TPSA) is 24.9 Å². The molecule has 2 aliphatic heterocycles. The van der Waals surface area contributed by atoms with E-state index in [0.29, 0.717) is 0 Å². The molecule has 1 aromatic carbocycles. The smallest absolute Gasteiger partial charge is 0.0642 e. The third kappa shape index (κ3) is 4.67. The molecule has 2 aliphatic rings. The van der Waals surface area contributed by atoms with Gasteiger partial charge in [0.25, 0.3) is 0 Å². The first-order valence-electron chi connectivity index (χ1n) is 10.1. The van der Waals surface area contributed by atoms with E-state index < -0.39 is 0 Å². The van der Waals surface area contributed by atoms with Crippen LogP contribution in [0.1, 0.15) is 32.3 Å². The number of hydrogen-bond donors (Lipinski definition) is 0. The quantitative estimate of drug-likeness (QED) is 0.697. The highest BCUT2D eigenvalue weighted by Gasteiger charge is 2.35. The summed E-state index contributed by atoms with van der Waals surface area (Å²) in [6, 6.07) is 9.22. The SMILES string of the molecule is CC=CCC(CC)(Cc1ccc(N2CCOCC2)cc1)N1CCOCC1. The van der Waals surface area contributed by atoms with Crippen molar-refractivity contribution in [1.29, 1.82) is 0 Å². The molecule has 0 amide bonds. The summed E-state index contributed by atoms with van der Waals surface area (Å²) >= 11 is 0. The predicted octanol–water partition coefficient (Wildman–Crippen LogP) is 3.51. The molecule has 0 N–H and O–H groups in total. The van der Waals surface area contributed by atoms with E-state index in [0.717, 1.165) is 71.9 Å². The van der Waals surface area contributed by atoms with Gasteiger partial charge in [0.2, 0.25) is 0 Å². The van der Waals surface area contributed by atoms with Crippen LogP contribution >= 0.6 is 0 Å². The van der Waals surface area contributed by atoms with Crippen molar-refractivity contribution >= 4 is 5.69 Å². The second-order valence-electron chi connectivity index (χ2n) is 7.39. The molecule has 0 radical (unpaired) electrons.